The molecular weight excluding hydrogens is 776 g/mol. The third kappa shape index (κ3) is 10.5. The van der Waals surface area contributed by atoms with Gasteiger partial charge in [0.05, 0.1) is 19.8 Å². The van der Waals surface area contributed by atoms with Crippen LogP contribution in [-0.4, -0.2) is 19.8 Å². The first-order valence-electron chi connectivity index (χ1n) is 17.3. The van der Waals surface area contributed by atoms with Gasteiger partial charge in [0.15, 0.2) is 46.2 Å². The van der Waals surface area contributed by atoms with Crippen LogP contribution in [0.2, 0.25) is 0 Å². The first-order valence-corrected chi connectivity index (χ1v) is 17.3. The molecule has 0 spiro atoms. The highest BCUT2D eigenvalue weighted by Gasteiger charge is 2.42. The Kier molecular flexibility index (Phi) is 14.7. The fourth-order valence-electron chi connectivity index (χ4n) is 5.39. The van der Waals surface area contributed by atoms with E-state index < -0.39 is 98.6 Å². The molecule has 4 aromatic carbocycles. The van der Waals surface area contributed by atoms with Crippen LogP contribution in [0.3, 0.4) is 0 Å². The summed E-state index contributed by atoms with van der Waals surface area (Å²) in [5.74, 6) is -18.1. The van der Waals surface area contributed by atoms with E-state index in [0.29, 0.717) is 62.8 Å². The Morgan fingerprint density at radius 3 is 1.29 bits per heavy atom. The first kappa shape index (κ1) is 43.8. The number of unbranched alkanes of at least 4 members (excludes halogenated alkanes) is 2. The average Bonchev–Trinajstić information content (AvgIpc) is 3.14. The lowest BCUT2D eigenvalue weighted by Gasteiger charge is -2.20. The molecule has 56 heavy (non-hydrogen) atoms. The van der Waals surface area contributed by atoms with Gasteiger partial charge < -0.3 is 23.7 Å². The van der Waals surface area contributed by atoms with Crippen molar-refractivity contribution in [2.75, 3.05) is 19.8 Å². The monoisotopic (exact) mass is 812 g/mol. The zero-order valence-corrected chi connectivity index (χ0v) is 30.1. The molecule has 0 heterocycles. The van der Waals surface area contributed by atoms with Crippen molar-refractivity contribution in [2.24, 2.45) is 5.92 Å². The zero-order valence-electron chi connectivity index (χ0n) is 30.1. The van der Waals surface area contributed by atoms with Gasteiger partial charge in [0.2, 0.25) is 29.1 Å². The second-order valence-electron chi connectivity index (χ2n) is 12.6. The van der Waals surface area contributed by atoms with E-state index in [9.17, 15) is 52.7 Å². The number of rotatable bonds is 20. The van der Waals surface area contributed by atoms with Crippen LogP contribution in [0.15, 0.2) is 48.5 Å². The fraction of sp³-hybridized carbons (Fsp3) is 0.385. The summed E-state index contributed by atoms with van der Waals surface area (Å²) in [4.78, 5) is 0. The molecule has 0 aliphatic rings. The van der Waals surface area contributed by atoms with E-state index in [1.165, 1.54) is 6.92 Å². The number of aryl methyl sites for hydroxylation is 1. The lowest BCUT2D eigenvalue weighted by Crippen LogP contribution is -2.25. The zero-order chi connectivity index (χ0) is 41.4. The van der Waals surface area contributed by atoms with Gasteiger partial charge in [-0.25, -0.2) is 13.2 Å². The van der Waals surface area contributed by atoms with Gasteiger partial charge in [-0.2, -0.15) is 39.5 Å². The Balaban J connectivity index is 1.16. The van der Waals surface area contributed by atoms with E-state index in [2.05, 4.69) is 9.47 Å². The summed E-state index contributed by atoms with van der Waals surface area (Å²) >= 11 is 0. The van der Waals surface area contributed by atoms with Crippen molar-refractivity contribution in [1.82, 2.24) is 0 Å². The minimum absolute atomic E-state index is 0.0538. The van der Waals surface area contributed by atoms with Crippen molar-refractivity contribution in [3.05, 3.63) is 112 Å². The molecular formula is C39H36F12O5. The molecule has 0 saturated heterocycles. The van der Waals surface area contributed by atoms with Crippen molar-refractivity contribution in [1.29, 1.82) is 0 Å². The largest absolute Gasteiger partial charge is 0.491 e. The molecule has 1 unspecified atom stereocenters. The van der Waals surface area contributed by atoms with Crippen LogP contribution in [0.1, 0.15) is 69.1 Å². The molecule has 0 aliphatic carbocycles. The lowest BCUT2D eigenvalue weighted by molar-refractivity contribution is -0.190. The molecule has 0 amide bonds. The minimum atomic E-state index is -4.59. The van der Waals surface area contributed by atoms with Crippen molar-refractivity contribution in [3.8, 4) is 28.7 Å². The molecule has 0 saturated carbocycles. The summed E-state index contributed by atoms with van der Waals surface area (Å²) in [6.45, 7) is 4.38. The predicted octanol–water partition coefficient (Wildman–Crippen LogP) is 12.2. The highest BCUT2D eigenvalue weighted by atomic mass is 19.3. The highest BCUT2D eigenvalue weighted by Crippen LogP contribution is 2.40. The van der Waals surface area contributed by atoms with Crippen LogP contribution in [-0.2, 0) is 12.2 Å². The smallest absolute Gasteiger partial charge is 0.429 e. The third-order valence-corrected chi connectivity index (χ3v) is 8.45. The van der Waals surface area contributed by atoms with Crippen LogP contribution in [0.5, 0.6) is 28.7 Å². The Morgan fingerprint density at radius 2 is 0.821 bits per heavy atom. The van der Waals surface area contributed by atoms with Gasteiger partial charge in [-0.15, -0.1) is 0 Å². The molecule has 0 bridgehead atoms. The maximum absolute atomic E-state index is 14.6. The lowest BCUT2D eigenvalue weighted by atomic mass is 9.98. The van der Waals surface area contributed by atoms with E-state index in [1.54, 1.807) is 0 Å². The molecule has 0 N–H and O–H groups in total. The van der Waals surface area contributed by atoms with Crippen molar-refractivity contribution >= 4 is 0 Å². The van der Waals surface area contributed by atoms with Gasteiger partial charge >= 0.3 is 12.2 Å². The number of benzene rings is 4. The molecule has 0 aromatic heterocycles. The van der Waals surface area contributed by atoms with Gasteiger partial charge in [0.1, 0.15) is 11.1 Å². The molecule has 0 fully saturated rings. The molecule has 5 nitrogen and oxygen atoms in total. The van der Waals surface area contributed by atoms with E-state index in [4.69, 9.17) is 14.2 Å². The van der Waals surface area contributed by atoms with Crippen LogP contribution in [0, 0.1) is 59.4 Å². The Labute approximate surface area is 314 Å². The second-order valence-corrected chi connectivity index (χ2v) is 12.6. The SMILES string of the molecule is CCOc1ccc(C(F)(F)Oc2ccc(OCCCCC(C)CCCCOc3ccc(OC(F)(F)c4ccc(C)c(F)c4F)c(F)c3F)c(F)c2F)c(F)c1F. The predicted molar refractivity (Wildman–Crippen MR) is 178 cm³/mol. The number of hydrogen-bond acceptors (Lipinski definition) is 5. The van der Waals surface area contributed by atoms with Gasteiger partial charge in [-0.05, 0) is 93.5 Å². The van der Waals surface area contributed by atoms with Crippen LogP contribution < -0.4 is 23.7 Å². The summed E-state index contributed by atoms with van der Waals surface area (Å²) in [6.07, 6.45) is -5.72. The number of halogens is 12. The Morgan fingerprint density at radius 1 is 0.464 bits per heavy atom. The average molecular weight is 813 g/mol. The van der Waals surface area contributed by atoms with E-state index in [-0.39, 0.29) is 31.3 Å². The Bertz CT molecular complexity index is 1970. The van der Waals surface area contributed by atoms with Crippen molar-refractivity contribution < 1.29 is 76.4 Å². The van der Waals surface area contributed by atoms with Crippen LogP contribution in [0.25, 0.3) is 0 Å². The summed E-state index contributed by atoms with van der Waals surface area (Å²) in [7, 11) is 0. The van der Waals surface area contributed by atoms with Gasteiger partial charge in [-0.3, -0.25) is 0 Å². The normalized spacial score (nSPS) is 12.4. The van der Waals surface area contributed by atoms with Crippen molar-refractivity contribution in [2.45, 2.75) is 71.5 Å². The second kappa shape index (κ2) is 18.8. The van der Waals surface area contributed by atoms with E-state index in [0.717, 1.165) is 31.2 Å². The standard InChI is InChI=1S/C39H36F12O5/c1-4-52-25-14-13-24(32(42)33(25)43)39(50,51)56-29-18-16-27(35(45)37(29)47)54-20-8-6-10-21(2)9-5-7-19-53-26-15-17-28(36(46)34(26)44)55-38(48,49)23-12-11-22(3)30(40)31(23)41/h11-18,21H,4-10,19-20H2,1-3H3. The van der Waals surface area contributed by atoms with Crippen LogP contribution >= 0.6 is 0 Å². The van der Waals surface area contributed by atoms with E-state index >= 15 is 0 Å². The summed E-state index contributed by atoms with van der Waals surface area (Å²) in [6, 6.07) is 5.74. The molecule has 0 aliphatic heterocycles. The minimum Gasteiger partial charge on any atom is -0.491 e. The van der Waals surface area contributed by atoms with Crippen molar-refractivity contribution in [3.63, 3.8) is 0 Å². The molecule has 17 heteroatoms. The molecule has 4 aromatic rings. The maximum Gasteiger partial charge on any atom is 0.429 e. The molecule has 0 radical (unpaired) electrons. The number of hydrogen-bond donors (Lipinski definition) is 0. The first-order chi connectivity index (χ1) is 26.4. The van der Waals surface area contributed by atoms with Gasteiger partial charge in [0.25, 0.3) is 0 Å². The molecule has 306 valence electrons. The van der Waals surface area contributed by atoms with E-state index in [1.807, 2.05) is 6.92 Å². The topological polar surface area (TPSA) is 46.2 Å². The number of ether oxygens (including phenoxy) is 5. The highest BCUT2D eigenvalue weighted by molar-refractivity contribution is 5.38. The quantitative estimate of drug-likeness (QED) is 0.0657. The summed E-state index contributed by atoms with van der Waals surface area (Å²) < 4.78 is 197. The summed E-state index contributed by atoms with van der Waals surface area (Å²) in [5.41, 5.74) is -3.30. The van der Waals surface area contributed by atoms with Gasteiger partial charge in [-0.1, -0.05) is 25.8 Å². The van der Waals surface area contributed by atoms with Gasteiger partial charge in [0, 0.05) is 0 Å². The van der Waals surface area contributed by atoms with Crippen LogP contribution in [0.4, 0.5) is 52.7 Å². The third-order valence-electron chi connectivity index (χ3n) is 8.45. The summed E-state index contributed by atoms with van der Waals surface area (Å²) in [5, 5.41) is 0. The fourth-order valence-corrected chi connectivity index (χ4v) is 5.39. The molecule has 4 rings (SSSR count). The maximum atomic E-state index is 14.6. The Hall–Kier alpha value is -4.96. The molecule has 1 atom stereocenters. The number of alkyl halides is 4.